The number of aromatic nitrogens is 4. The van der Waals surface area contributed by atoms with Gasteiger partial charge in [0.05, 0.1) is 22.5 Å². The Morgan fingerprint density at radius 2 is 1.94 bits per heavy atom. The van der Waals surface area contributed by atoms with Crippen LogP contribution in [0, 0.1) is 0 Å². The first kappa shape index (κ1) is 20.7. The number of carbonyl (C=O) groups excluding carboxylic acids is 1. The Kier molecular flexibility index (Phi) is 5.81. The number of carbonyl (C=O) groups is 1. The molecule has 1 atom stereocenters. The zero-order chi connectivity index (χ0) is 22.0. The molecular formula is C21H21N5O4S. The molecule has 9 nitrogen and oxygen atoms in total. The summed E-state index contributed by atoms with van der Waals surface area (Å²) >= 11 is 1.43. The molecule has 0 fully saturated rings. The van der Waals surface area contributed by atoms with Gasteiger partial charge in [0.2, 0.25) is 5.91 Å². The predicted molar refractivity (Wildman–Crippen MR) is 117 cm³/mol. The molecule has 0 unspecified atom stereocenters. The third-order valence-corrected chi connectivity index (χ3v) is 5.67. The van der Waals surface area contributed by atoms with Gasteiger partial charge < -0.3 is 9.73 Å². The smallest absolute Gasteiger partial charge is 0.387 e. The van der Waals surface area contributed by atoms with Crippen LogP contribution in [0.5, 0.6) is 0 Å². The summed E-state index contributed by atoms with van der Waals surface area (Å²) in [5.74, 6) is -0.473. The Hall–Kier alpha value is -3.53. The van der Waals surface area contributed by atoms with Gasteiger partial charge in [-0.3, -0.25) is 9.59 Å². The van der Waals surface area contributed by atoms with Crippen LogP contribution in [0.4, 0.5) is 0 Å². The summed E-state index contributed by atoms with van der Waals surface area (Å²) in [6.07, 6.45) is 0.591. The lowest BCUT2D eigenvalue weighted by Crippen LogP contribution is -2.38. The van der Waals surface area contributed by atoms with Crippen LogP contribution in [0.3, 0.4) is 0 Å². The predicted octanol–water partition coefficient (Wildman–Crippen LogP) is 1.95. The van der Waals surface area contributed by atoms with Crippen molar-refractivity contribution in [2.45, 2.75) is 32.4 Å². The topological polar surface area (TPSA) is 112 Å². The van der Waals surface area contributed by atoms with Gasteiger partial charge in [0.25, 0.3) is 11.4 Å². The summed E-state index contributed by atoms with van der Waals surface area (Å²) < 4.78 is 7.69. The molecule has 4 rings (SSSR count). The lowest BCUT2D eigenvalue weighted by atomic mass is 10.1. The fourth-order valence-corrected chi connectivity index (χ4v) is 4.01. The van der Waals surface area contributed by atoms with Gasteiger partial charge in [0, 0.05) is 31.3 Å². The quantitative estimate of drug-likeness (QED) is 0.471. The van der Waals surface area contributed by atoms with E-state index in [4.69, 9.17) is 4.42 Å². The molecule has 0 saturated heterocycles. The summed E-state index contributed by atoms with van der Waals surface area (Å²) in [5, 5.41) is 14.6. The van der Waals surface area contributed by atoms with E-state index in [1.807, 2.05) is 29.6 Å². The van der Waals surface area contributed by atoms with Crippen LogP contribution in [-0.4, -0.2) is 31.5 Å². The second-order valence-electron chi connectivity index (χ2n) is 7.22. The first-order valence-electron chi connectivity index (χ1n) is 9.78. The van der Waals surface area contributed by atoms with Crippen molar-refractivity contribution >= 4 is 28.0 Å². The Labute approximate surface area is 180 Å². The zero-order valence-corrected chi connectivity index (χ0v) is 17.9. The van der Waals surface area contributed by atoms with Crippen molar-refractivity contribution in [1.82, 2.24) is 24.9 Å². The SMILES string of the molecule is C[C@@H](Cn1nc(-c2cccs2)oc1=O)NC(=O)CCc1nn(C)c(=O)c2ccccc12. The van der Waals surface area contributed by atoms with E-state index in [1.54, 1.807) is 26.1 Å². The van der Waals surface area contributed by atoms with Gasteiger partial charge in [-0.1, -0.05) is 24.3 Å². The standard InChI is InChI=1S/C21H21N5O4S/c1-13(12-26-21(29)30-19(24-26)17-8-5-11-31-17)22-18(27)10-9-16-14-6-3-4-7-15(14)20(28)25(2)23-16/h3-8,11,13H,9-10,12H2,1-2H3,(H,22,27)/t13-/m0/s1. The monoisotopic (exact) mass is 439 g/mol. The first-order chi connectivity index (χ1) is 14.9. The molecule has 0 aliphatic rings. The average Bonchev–Trinajstić information content (AvgIpc) is 3.40. The van der Waals surface area contributed by atoms with E-state index in [1.165, 1.54) is 20.7 Å². The van der Waals surface area contributed by atoms with Gasteiger partial charge in [-0.05, 0) is 24.4 Å². The van der Waals surface area contributed by atoms with E-state index >= 15 is 0 Å². The highest BCUT2D eigenvalue weighted by Crippen LogP contribution is 2.21. The van der Waals surface area contributed by atoms with Crippen LogP contribution in [0.1, 0.15) is 19.0 Å². The summed E-state index contributed by atoms with van der Waals surface area (Å²) in [5.41, 5.74) is 0.520. The van der Waals surface area contributed by atoms with Crippen LogP contribution >= 0.6 is 11.3 Å². The molecule has 160 valence electrons. The van der Waals surface area contributed by atoms with Crippen molar-refractivity contribution in [2.24, 2.45) is 7.05 Å². The maximum atomic E-state index is 12.4. The van der Waals surface area contributed by atoms with E-state index in [9.17, 15) is 14.4 Å². The highest BCUT2D eigenvalue weighted by Gasteiger charge is 2.16. The van der Waals surface area contributed by atoms with Gasteiger partial charge in [0.1, 0.15) is 0 Å². The molecule has 0 aliphatic heterocycles. The van der Waals surface area contributed by atoms with Crippen LogP contribution in [0.25, 0.3) is 21.5 Å². The van der Waals surface area contributed by atoms with Crippen LogP contribution in [0.2, 0.25) is 0 Å². The number of hydrogen-bond donors (Lipinski definition) is 1. The van der Waals surface area contributed by atoms with Crippen LogP contribution in [0.15, 0.2) is 55.8 Å². The van der Waals surface area contributed by atoms with Crippen LogP contribution in [-0.2, 0) is 24.8 Å². The number of amides is 1. The summed E-state index contributed by atoms with van der Waals surface area (Å²) in [7, 11) is 1.60. The number of aryl methyl sites for hydroxylation is 2. The second kappa shape index (κ2) is 8.68. The third-order valence-electron chi connectivity index (χ3n) is 4.81. The molecule has 0 bridgehead atoms. The third kappa shape index (κ3) is 4.48. The lowest BCUT2D eigenvalue weighted by molar-refractivity contribution is -0.121. The van der Waals surface area contributed by atoms with Crippen molar-refractivity contribution in [2.75, 3.05) is 0 Å². The van der Waals surface area contributed by atoms with E-state index in [0.717, 1.165) is 10.3 Å². The number of thiophene rings is 1. The normalized spacial score (nSPS) is 12.2. The van der Waals surface area contributed by atoms with E-state index in [2.05, 4.69) is 15.5 Å². The van der Waals surface area contributed by atoms with Crippen molar-refractivity contribution in [3.05, 3.63) is 68.4 Å². The van der Waals surface area contributed by atoms with Crippen molar-refractivity contribution in [3.63, 3.8) is 0 Å². The molecule has 0 aliphatic carbocycles. The minimum Gasteiger partial charge on any atom is -0.387 e. The molecule has 4 aromatic rings. The molecule has 0 spiro atoms. The van der Waals surface area contributed by atoms with Crippen LogP contribution < -0.4 is 16.6 Å². The number of fused-ring (bicyclic) bond motifs is 1. The molecular weight excluding hydrogens is 418 g/mol. The molecule has 31 heavy (non-hydrogen) atoms. The largest absolute Gasteiger partial charge is 0.437 e. The Morgan fingerprint density at radius 3 is 2.68 bits per heavy atom. The molecule has 1 aromatic carbocycles. The van der Waals surface area contributed by atoms with Crippen molar-refractivity contribution < 1.29 is 9.21 Å². The van der Waals surface area contributed by atoms with Gasteiger partial charge >= 0.3 is 5.76 Å². The first-order valence-corrected chi connectivity index (χ1v) is 10.7. The lowest BCUT2D eigenvalue weighted by Gasteiger charge is -2.13. The Morgan fingerprint density at radius 1 is 1.16 bits per heavy atom. The van der Waals surface area contributed by atoms with Gasteiger partial charge in [0.15, 0.2) is 0 Å². The number of hydrogen-bond acceptors (Lipinski definition) is 7. The second-order valence-corrected chi connectivity index (χ2v) is 8.17. The fraction of sp³-hybridized carbons (Fsp3) is 0.286. The highest BCUT2D eigenvalue weighted by molar-refractivity contribution is 7.13. The summed E-state index contributed by atoms with van der Waals surface area (Å²) in [6.45, 7) is 1.99. The van der Waals surface area contributed by atoms with Crippen molar-refractivity contribution in [1.29, 1.82) is 0 Å². The Bertz CT molecular complexity index is 1340. The molecule has 3 heterocycles. The maximum Gasteiger partial charge on any atom is 0.437 e. The average molecular weight is 439 g/mol. The zero-order valence-electron chi connectivity index (χ0n) is 17.1. The fourth-order valence-electron chi connectivity index (χ4n) is 3.37. The molecule has 3 aromatic heterocycles. The molecule has 1 amide bonds. The van der Waals surface area contributed by atoms with E-state index in [0.29, 0.717) is 17.5 Å². The molecule has 0 saturated carbocycles. The van der Waals surface area contributed by atoms with E-state index < -0.39 is 5.76 Å². The molecule has 1 N–H and O–H groups in total. The van der Waals surface area contributed by atoms with Gasteiger partial charge in [-0.15, -0.1) is 16.4 Å². The number of nitrogens with one attached hydrogen (secondary N) is 1. The summed E-state index contributed by atoms with van der Waals surface area (Å²) in [6, 6.07) is 10.6. The maximum absolute atomic E-state index is 12.4. The summed E-state index contributed by atoms with van der Waals surface area (Å²) in [4.78, 5) is 37.5. The number of nitrogens with zero attached hydrogens (tertiary/aromatic N) is 4. The molecule has 10 heteroatoms. The highest BCUT2D eigenvalue weighted by atomic mass is 32.1. The van der Waals surface area contributed by atoms with Gasteiger partial charge in [-0.25, -0.2) is 9.48 Å². The number of rotatable bonds is 7. The van der Waals surface area contributed by atoms with E-state index in [-0.39, 0.29) is 36.4 Å². The molecule has 0 radical (unpaired) electrons. The Balaban J connectivity index is 1.39. The minimum atomic E-state index is -0.564. The van der Waals surface area contributed by atoms with Crippen molar-refractivity contribution in [3.8, 4) is 10.8 Å². The number of benzene rings is 1. The van der Waals surface area contributed by atoms with Gasteiger partial charge in [-0.2, -0.15) is 9.78 Å². The minimum absolute atomic E-state index is 0.169.